The van der Waals surface area contributed by atoms with Crippen LogP contribution < -0.4 is 9.64 Å². The zero-order valence-corrected chi connectivity index (χ0v) is 24.2. The number of anilines is 1. The fourth-order valence-electron chi connectivity index (χ4n) is 5.10. The van der Waals surface area contributed by atoms with E-state index >= 15 is 0 Å². The second kappa shape index (κ2) is 11.9. The minimum atomic E-state index is -1.32. The van der Waals surface area contributed by atoms with E-state index in [9.17, 15) is 14.4 Å². The van der Waals surface area contributed by atoms with Gasteiger partial charge in [-0.3, -0.25) is 19.3 Å². The van der Waals surface area contributed by atoms with Crippen LogP contribution >= 0.6 is 0 Å². The van der Waals surface area contributed by atoms with E-state index in [0.717, 1.165) is 11.1 Å². The van der Waals surface area contributed by atoms with Gasteiger partial charge in [-0.05, 0) is 58.2 Å². The van der Waals surface area contributed by atoms with Crippen LogP contribution in [0.4, 0.5) is 5.82 Å². The number of nitrogens with zero attached hydrogens (tertiary/aromatic N) is 8. The molecule has 0 saturated carbocycles. The molecule has 6 rings (SSSR count). The summed E-state index contributed by atoms with van der Waals surface area (Å²) in [5.74, 6) is -2.84. The molecule has 0 radical (unpaired) electrons. The number of hydrogen-bond donors (Lipinski definition) is 0. The first-order valence-electron chi connectivity index (χ1n) is 14.1. The van der Waals surface area contributed by atoms with Gasteiger partial charge < -0.3 is 4.74 Å². The summed E-state index contributed by atoms with van der Waals surface area (Å²) in [5, 5.41) is 19.9. The van der Waals surface area contributed by atoms with Crippen molar-refractivity contribution in [2.24, 2.45) is 5.92 Å². The molecule has 220 valence electrons. The number of amides is 1. The number of ketones is 2. The smallest absolute Gasteiger partial charge is 0.342 e. The van der Waals surface area contributed by atoms with Crippen molar-refractivity contribution in [1.82, 2.24) is 35.4 Å². The number of rotatable bonds is 9. The van der Waals surface area contributed by atoms with Crippen LogP contribution in [0, 0.1) is 12.8 Å². The molecule has 0 aliphatic carbocycles. The van der Waals surface area contributed by atoms with Gasteiger partial charge in [0, 0.05) is 17.8 Å². The van der Waals surface area contributed by atoms with Crippen molar-refractivity contribution in [3.63, 3.8) is 0 Å². The van der Waals surface area contributed by atoms with Gasteiger partial charge >= 0.3 is 6.01 Å². The highest BCUT2D eigenvalue weighted by molar-refractivity contribution is 6.48. The third kappa shape index (κ3) is 5.56. The summed E-state index contributed by atoms with van der Waals surface area (Å²) >= 11 is 0. The van der Waals surface area contributed by atoms with Gasteiger partial charge in [0.2, 0.25) is 11.7 Å². The Morgan fingerprint density at radius 2 is 1.68 bits per heavy atom. The van der Waals surface area contributed by atoms with Crippen LogP contribution in [0.3, 0.4) is 0 Å². The average Bonchev–Trinajstić information content (AvgIpc) is 3.58. The number of Topliss-reactive ketones (excluding diaryl/α,β-unsaturated/α-hetero) is 2. The molecule has 0 spiro atoms. The molecule has 12 nitrogen and oxygen atoms in total. The van der Waals surface area contributed by atoms with Crippen molar-refractivity contribution in [3.05, 3.63) is 113 Å². The van der Waals surface area contributed by atoms with Crippen LogP contribution in [0.15, 0.2) is 85.1 Å². The summed E-state index contributed by atoms with van der Waals surface area (Å²) < 4.78 is 7.36. The van der Waals surface area contributed by atoms with Crippen molar-refractivity contribution in [1.29, 1.82) is 0 Å². The Bertz CT molecular complexity index is 1800. The lowest BCUT2D eigenvalue weighted by molar-refractivity contribution is -0.135. The minimum absolute atomic E-state index is 0.134. The van der Waals surface area contributed by atoms with E-state index in [2.05, 4.69) is 44.6 Å². The summed E-state index contributed by atoms with van der Waals surface area (Å²) in [7, 11) is 0. The molecule has 2 atom stereocenters. The zero-order valence-electron chi connectivity index (χ0n) is 24.2. The van der Waals surface area contributed by atoms with E-state index in [0.29, 0.717) is 23.4 Å². The largest absolute Gasteiger partial charge is 0.404 e. The molecule has 1 saturated heterocycles. The standard InChI is InChI=1S/C32H28N8O4/c1-19(2)22-10-12-23(13-11-22)29(41)27-28(40(31(43)30(27)42)25-15-9-20(3)34-35-25)24-14-16-26(33-17-24)44-32-36-37-38-39(32)18-21-7-5-4-6-8-21/h4-17,19,27-28H,18H2,1-3H3. The summed E-state index contributed by atoms with van der Waals surface area (Å²) in [5.41, 5.74) is 3.45. The van der Waals surface area contributed by atoms with Crippen molar-refractivity contribution >= 4 is 23.3 Å². The number of carbonyl (C=O) groups excluding carboxylic acids is 3. The third-order valence-electron chi connectivity index (χ3n) is 7.45. The maximum atomic E-state index is 13.9. The molecule has 0 N–H and O–H groups in total. The Balaban J connectivity index is 1.32. The lowest BCUT2D eigenvalue weighted by Gasteiger charge is -2.26. The fourth-order valence-corrected chi connectivity index (χ4v) is 5.10. The number of pyridine rings is 1. The fraction of sp³-hybridized carbons (Fsp3) is 0.219. The van der Waals surface area contributed by atoms with Gasteiger partial charge in [0.05, 0.1) is 18.3 Å². The van der Waals surface area contributed by atoms with E-state index in [4.69, 9.17) is 4.74 Å². The molecule has 12 heteroatoms. The molecule has 0 bridgehead atoms. The van der Waals surface area contributed by atoms with Gasteiger partial charge in [-0.1, -0.05) is 73.5 Å². The quantitative estimate of drug-likeness (QED) is 0.139. The van der Waals surface area contributed by atoms with Gasteiger partial charge in [-0.25, -0.2) is 4.98 Å². The third-order valence-corrected chi connectivity index (χ3v) is 7.45. The number of aryl methyl sites for hydroxylation is 1. The molecule has 3 aromatic heterocycles. The van der Waals surface area contributed by atoms with Gasteiger partial charge in [0.1, 0.15) is 5.92 Å². The van der Waals surface area contributed by atoms with Gasteiger partial charge in [-0.15, -0.1) is 5.10 Å². The van der Waals surface area contributed by atoms with Crippen LogP contribution in [-0.2, 0) is 16.1 Å². The van der Waals surface area contributed by atoms with E-state index in [1.54, 1.807) is 43.3 Å². The zero-order chi connectivity index (χ0) is 30.8. The Kier molecular flexibility index (Phi) is 7.71. The first-order valence-corrected chi connectivity index (χ1v) is 14.1. The average molecular weight is 589 g/mol. The molecule has 1 amide bonds. The van der Waals surface area contributed by atoms with E-state index in [1.165, 1.54) is 15.8 Å². The lowest BCUT2D eigenvalue weighted by atomic mass is 9.86. The second-order valence-electron chi connectivity index (χ2n) is 10.8. The van der Waals surface area contributed by atoms with Crippen molar-refractivity contribution in [2.75, 3.05) is 4.90 Å². The van der Waals surface area contributed by atoms with Crippen molar-refractivity contribution in [2.45, 2.75) is 39.3 Å². The predicted octanol–water partition coefficient (Wildman–Crippen LogP) is 4.29. The number of tetrazole rings is 1. The molecule has 2 unspecified atom stereocenters. The Hall–Kier alpha value is -5.65. The van der Waals surface area contributed by atoms with Crippen LogP contribution in [0.2, 0.25) is 0 Å². The number of benzene rings is 2. The number of hydrogen-bond acceptors (Lipinski definition) is 10. The van der Waals surface area contributed by atoms with Gasteiger partial charge in [0.15, 0.2) is 11.6 Å². The number of aromatic nitrogens is 7. The predicted molar refractivity (Wildman–Crippen MR) is 158 cm³/mol. The highest BCUT2D eigenvalue weighted by Gasteiger charge is 2.53. The molecule has 2 aromatic carbocycles. The molecule has 44 heavy (non-hydrogen) atoms. The molecule has 4 heterocycles. The van der Waals surface area contributed by atoms with E-state index in [1.807, 2.05) is 42.5 Å². The second-order valence-corrected chi connectivity index (χ2v) is 10.8. The normalized spacial score (nSPS) is 16.5. The summed E-state index contributed by atoms with van der Waals surface area (Å²) in [6.07, 6.45) is 1.47. The first kappa shape index (κ1) is 28.5. The first-order chi connectivity index (χ1) is 21.3. The van der Waals surface area contributed by atoms with Crippen molar-refractivity contribution in [3.8, 4) is 11.9 Å². The number of ether oxygens (including phenoxy) is 1. The molecular weight excluding hydrogens is 560 g/mol. The van der Waals surface area contributed by atoms with E-state index < -0.39 is 29.4 Å². The van der Waals surface area contributed by atoms with Crippen LogP contribution in [0.1, 0.15) is 58.5 Å². The Morgan fingerprint density at radius 3 is 2.34 bits per heavy atom. The summed E-state index contributed by atoms with van der Waals surface area (Å²) in [4.78, 5) is 46.4. The Morgan fingerprint density at radius 1 is 0.909 bits per heavy atom. The monoisotopic (exact) mass is 588 g/mol. The van der Waals surface area contributed by atoms with Crippen molar-refractivity contribution < 1.29 is 19.1 Å². The molecule has 1 fully saturated rings. The SMILES string of the molecule is Cc1ccc(N2C(=O)C(=O)C(C(=O)c3ccc(C(C)C)cc3)C2c2ccc(Oc3nnnn3Cc3ccccc3)nc2)nn1. The maximum absolute atomic E-state index is 13.9. The molecule has 1 aliphatic rings. The van der Waals surface area contributed by atoms with E-state index in [-0.39, 0.29) is 23.6 Å². The molecule has 5 aromatic rings. The van der Waals surface area contributed by atoms with Gasteiger partial charge in [-0.2, -0.15) is 9.78 Å². The van der Waals surface area contributed by atoms with Crippen LogP contribution in [0.5, 0.6) is 11.9 Å². The van der Waals surface area contributed by atoms with Gasteiger partial charge in [0.25, 0.3) is 5.91 Å². The van der Waals surface area contributed by atoms with Crippen LogP contribution in [0.25, 0.3) is 0 Å². The Labute approximate surface area is 252 Å². The number of carbonyl (C=O) groups is 3. The highest BCUT2D eigenvalue weighted by atomic mass is 16.5. The minimum Gasteiger partial charge on any atom is -0.404 e. The molecule has 1 aliphatic heterocycles. The summed E-state index contributed by atoms with van der Waals surface area (Å²) in [6, 6.07) is 22.4. The summed E-state index contributed by atoms with van der Waals surface area (Å²) in [6.45, 7) is 6.26. The molecular formula is C32H28N8O4. The highest BCUT2D eigenvalue weighted by Crippen LogP contribution is 2.40. The van der Waals surface area contributed by atoms with Crippen LogP contribution in [-0.4, -0.2) is 52.9 Å². The lowest BCUT2D eigenvalue weighted by Crippen LogP contribution is -2.31. The maximum Gasteiger partial charge on any atom is 0.342 e. The topological polar surface area (TPSA) is 146 Å².